The smallest absolute Gasteiger partial charge is 0.264 e. The fourth-order valence-corrected chi connectivity index (χ4v) is 7.69. The maximum atomic E-state index is 14.5. The first-order valence-electron chi connectivity index (χ1n) is 12.0. The summed E-state index contributed by atoms with van der Waals surface area (Å²) in [7, 11) is -4.21. The van der Waals surface area contributed by atoms with Gasteiger partial charge < -0.3 is 0 Å². The second kappa shape index (κ2) is 8.39. The number of carbonyl (C=O) groups is 2. The Morgan fingerprint density at radius 2 is 1.22 bits per heavy atom. The maximum absolute atomic E-state index is 14.5. The third-order valence-corrected chi connectivity index (χ3v) is 9.28. The Bertz CT molecular complexity index is 1630. The van der Waals surface area contributed by atoms with Crippen molar-refractivity contribution in [3.8, 4) is 0 Å². The predicted octanol–water partition coefficient (Wildman–Crippen LogP) is 5.97. The summed E-state index contributed by atoms with van der Waals surface area (Å²) >= 11 is 0. The first-order chi connectivity index (χ1) is 17.9. The Kier molecular flexibility index (Phi) is 5.24. The molecule has 182 valence electrons. The quantitative estimate of drug-likeness (QED) is 0.253. The minimum absolute atomic E-state index is 0.0772. The molecule has 0 saturated carbocycles. The number of nitrogens with zero attached hydrogens (tertiary/aromatic N) is 1. The number of para-hydroxylation sites is 1. The Morgan fingerprint density at radius 1 is 0.703 bits per heavy atom. The van der Waals surface area contributed by atoms with Gasteiger partial charge in [0.15, 0.2) is 11.6 Å². The number of carbonyl (C=O) groups excluding carboxylic acids is 2. The van der Waals surface area contributed by atoms with Crippen LogP contribution in [0.5, 0.6) is 0 Å². The van der Waals surface area contributed by atoms with Gasteiger partial charge in [-0.1, -0.05) is 97.1 Å². The summed E-state index contributed by atoms with van der Waals surface area (Å²) in [5, 5.41) is 0. The lowest BCUT2D eigenvalue weighted by Crippen LogP contribution is -2.56. The van der Waals surface area contributed by atoms with Gasteiger partial charge in [0.05, 0.1) is 16.6 Å². The first-order valence-corrected chi connectivity index (χ1v) is 13.4. The van der Waals surface area contributed by atoms with Crippen molar-refractivity contribution in [3.05, 3.63) is 144 Å². The third-order valence-electron chi connectivity index (χ3n) is 7.48. The van der Waals surface area contributed by atoms with E-state index in [1.165, 1.54) is 16.4 Å². The molecular weight excluding hydrogens is 482 g/mol. The minimum Gasteiger partial charge on any atom is -0.293 e. The first kappa shape index (κ1) is 23.1. The van der Waals surface area contributed by atoms with Crippen LogP contribution in [0.2, 0.25) is 0 Å². The fourth-order valence-electron chi connectivity index (χ4n) is 5.97. The molecule has 37 heavy (non-hydrogen) atoms. The molecule has 0 fully saturated rings. The van der Waals surface area contributed by atoms with Crippen LogP contribution in [0.3, 0.4) is 0 Å². The number of benzene rings is 4. The lowest BCUT2D eigenvalue weighted by molar-refractivity contribution is 0.0616. The van der Waals surface area contributed by atoms with Crippen LogP contribution in [0.25, 0.3) is 0 Å². The Labute approximate surface area is 215 Å². The maximum Gasteiger partial charge on any atom is 0.264 e. The molecule has 1 aliphatic carbocycles. The largest absolute Gasteiger partial charge is 0.293 e. The molecule has 4 aromatic carbocycles. The summed E-state index contributed by atoms with van der Waals surface area (Å²) in [5.41, 5.74) is 0.389. The minimum atomic E-state index is -4.21. The van der Waals surface area contributed by atoms with Crippen LogP contribution in [0.4, 0.5) is 5.69 Å². The molecule has 2 unspecified atom stereocenters. The third kappa shape index (κ3) is 3.06. The zero-order valence-electron chi connectivity index (χ0n) is 19.8. The summed E-state index contributed by atoms with van der Waals surface area (Å²) in [6.45, 7) is 4.03. The molecule has 0 aromatic heterocycles. The van der Waals surface area contributed by atoms with E-state index in [4.69, 9.17) is 0 Å². The highest BCUT2D eigenvalue weighted by Crippen LogP contribution is 2.62. The molecule has 0 saturated heterocycles. The summed E-state index contributed by atoms with van der Waals surface area (Å²) in [5.74, 6) is -1.53. The average molecular weight is 506 g/mol. The highest BCUT2D eigenvalue weighted by Gasteiger charge is 2.67. The van der Waals surface area contributed by atoms with E-state index < -0.39 is 39.0 Å². The number of hydrogen-bond acceptors (Lipinski definition) is 4. The van der Waals surface area contributed by atoms with Gasteiger partial charge in [0, 0.05) is 17.0 Å². The van der Waals surface area contributed by atoms with Gasteiger partial charge in [-0.3, -0.25) is 13.9 Å². The summed E-state index contributed by atoms with van der Waals surface area (Å²) in [4.78, 5) is 29.0. The van der Waals surface area contributed by atoms with E-state index >= 15 is 0 Å². The number of ketones is 2. The molecule has 4 aromatic rings. The summed E-state index contributed by atoms with van der Waals surface area (Å²) in [6.07, 6.45) is 1.61. The molecule has 1 heterocycles. The Morgan fingerprint density at radius 3 is 1.81 bits per heavy atom. The van der Waals surface area contributed by atoms with Crippen molar-refractivity contribution in [3.63, 3.8) is 0 Å². The van der Waals surface area contributed by atoms with E-state index in [0.717, 1.165) is 0 Å². The SMILES string of the molecule is C=CC1c2ccccc2N(S(=O)(=O)c2ccccc2)C(c2ccccc2)C12C(=O)c1ccccc1C2=O. The van der Waals surface area contributed by atoms with Crippen LogP contribution in [-0.2, 0) is 10.0 Å². The Balaban J connectivity index is 1.76. The lowest BCUT2D eigenvalue weighted by Gasteiger charge is -2.50. The van der Waals surface area contributed by atoms with Crippen LogP contribution < -0.4 is 4.31 Å². The number of rotatable bonds is 4. The van der Waals surface area contributed by atoms with Crippen molar-refractivity contribution >= 4 is 27.3 Å². The zero-order valence-corrected chi connectivity index (χ0v) is 20.6. The highest BCUT2D eigenvalue weighted by molar-refractivity contribution is 7.92. The van der Waals surface area contributed by atoms with Gasteiger partial charge in [0.25, 0.3) is 10.0 Å². The molecule has 2 atom stereocenters. The Hall–Kier alpha value is -4.29. The van der Waals surface area contributed by atoms with E-state index in [1.807, 2.05) is 6.07 Å². The molecule has 6 heteroatoms. The molecule has 1 spiro atoms. The fraction of sp³-hybridized carbons (Fsp3) is 0.0968. The second-order valence-electron chi connectivity index (χ2n) is 9.27. The van der Waals surface area contributed by atoms with E-state index in [0.29, 0.717) is 27.9 Å². The molecule has 5 nitrogen and oxygen atoms in total. The van der Waals surface area contributed by atoms with Crippen molar-refractivity contribution in [2.24, 2.45) is 5.41 Å². The number of anilines is 1. The van der Waals surface area contributed by atoms with Gasteiger partial charge in [-0.2, -0.15) is 0 Å². The number of fused-ring (bicyclic) bond motifs is 2. The van der Waals surface area contributed by atoms with Crippen molar-refractivity contribution in [1.82, 2.24) is 0 Å². The molecule has 1 aliphatic heterocycles. The van der Waals surface area contributed by atoms with Gasteiger partial charge in [0.2, 0.25) is 0 Å². The highest BCUT2D eigenvalue weighted by atomic mass is 32.2. The van der Waals surface area contributed by atoms with Gasteiger partial charge in [-0.25, -0.2) is 8.42 Å². The van der Waals surface area contributed by atoms with Gasteiger partial charge in [0.1, 0.15) is 5.41 Å². The summed E-state index contributed by atoms with van der Waals surface area (Å²) < 4.78 is 30.2. The van der Waals surface area contributed by atoms with Gasteiger partial charge >= 0.3 is 0 Å². The molecule has 0 amide bonds. The average Bonchev–Trinajstić information content (AvgIpc) is 3.16. The lowest BCUT2D eigenvalue weighted by atomic mass is 9.60. The van der Waals surface area contributed by atoms with Crippen molar-refractivity contribution in [2.45, 2.75) is 16.9 Å². The molecule has 0 bridgehead atoms. The molecule has 2 aliphatic rings. The van der Waals surface area contributed by atoms with Crippen molar-refractivity contribution in [2.75, 3.05) is 4.31 Å². The van der Waals surface area contributed by atoms with E-state index in [-0.39, 0.29) is 4.90 Å². The monoisotopic (exact) mass is 505 g/mol. The number of Topliss-reactive ketones (excluding diaryl/α,β-unsaturated/α-hetero) is 2. The van der Waals surface area contributed by atoms with Crippen LogP contribution in [-0.4, -0.2) is 20.0 Å². The van der Waals surface area contributed by atoms with Gasteiger partial charge in [-0.15, -0.1) is 6.58 Å². The normalized spacial score (nSPS) is 19.9. The number of allylic oxidation sites excluding steroid dienone is 1. The van der Waals surface area contributed by atoms with Crippen LogP contribution in [0, 0.1) is 5.41 Å². The number of hydrogen-bond donors (Lipinski definition) is 0. The molecular formula is C31H23NO4S. The van der Waals surface area contributed by atoms with Crippen LogP contribution in [0.15, 0.2) is 127 Å². The van der Waals surface area contributed by atoms with Crippen molar-refractivity contribution in [1.29, 1.82) is 0 Å². The number of sulfonamides is 1. The molecule has 0 radical (unpaired) electrons. The molecule has 0 N–H and O–H groups in total. The summed E-state index contributed by atoms with van der Waals surface area (Å²) in [6, 6.07) is 29.7. The van der Waals surface area contributed by atoms with E-state index in [1.54, 1.807) is 97.1 Å². The van der Waals surface area contributed by atoms with E-state index in [9.17, 15) is 18.0 Å². The zero-order chi connectivity index (χ0) is 25.8. The van der Waals surface area contributed by atoms with E-state index in [2.05, 4.69) is 6.58 Å². The molecule has 6 rings (SSSR count). The second-order valence-corrected chi connectivity index (χ2v) is 11.1. The predicted molar refractivity (Wildman–Crippen MR) is 142 cm³/mol. The van der Waals surface area contributed by atoms with Crippen LogP contribution >= 0.6 is 0 Å². The van der Waals surface area contributed by atoms with Crippen molar-refractivity contribution < 1.29 is 18.0 Å². The van der Waals surface area contributed by atoms with Crippen LogP contribution in [0.1, 0.15) is 43.8 Å². The standard InChI is InChI=1S/C31H23NO4S/c1-2-26-25-19-11-12-20-27(25)32(37(35,36)22-15-7-4-8-16-22)28(21-13-5-3-6-14-21)31(26)29(33)23-17-9-10-18-24(23)30(31)34/h2-20,26,28H,1H2. The van der Waals surface area contributed by atoms with Gasteiger partial charge in [-0.05, 0) is 29.3 Å². The topological polar surface area (TPSA) is 71.5 Å².